The molecule has 174 valence electrons. The van der Waals surface area contributed by atoms with E-state index in [0.29, 0.717) is 23.4 Å². The van der Waals surface area contributed by atoms with Crippen LogP contribution in [-0.4, -0.2) is 48.2 Å². The lowest BCUT2D eigenvalue weighted by molar-refractivity contribution is 0.211. The monoisotopic (exact) mass is 454 g/mol. The molecule has 0 amide bonds. The molecule has 5 rings (SSSR count). The first-order valence-electron chi connectivity index (χ1n) is 11.8. The van der Waals surface area contributed by atoms with Gasteiger partial charge in [-0.05, 0) is 24.5 Å². The summed E-state index contributed by atoms with van der Waals surface area (Å²) in [4.78, 5) is 12.3. The van der Waals surface area contributed by atoms with Gasteiger partial charge >= 0.3 is 0 Å². The Balaban J connectivity index is 1.41. The SMILES string of the molecule is COc1cc2nc(-c3ccccc3)nc(NC3CCN(Cc4ccccc4)CC3)c2cc1OC. The summed E-state index contributed by atoms with van der Waals surface area (Å²) in [6, 6.07) is 25.0. The second kappa shape index (κ2) is 10.1. The maximum Gasteiger partial charge on any atom is 0.162 e. The van der Waals surface area contributed by atoms with Crippen LogP contribution in [0, 0.1) is 0 Å². The minimum Gasteiger partial charge on any atom is -0.493 e. The molecule has 0 unspecified atom stereocenters. The van der Waals surface area contributed by atoms with Gasteiger partial charge in [0.1, 0.15) is 5.82 Å². The molecule has 2 heterocycles. The standard InChI is InChI=1S/C28H30N4O2/c1-33-25-17-23-24(18-26(25)34-2)30-27(21-11-7-4-8-12-21)31-28(23)29-22-13-15-32(16-14-22)19-20-9-5-3-6-10-20/h3-12,17-18,22H,13-16,19H2,1-2H3,(H,29,30,31). The first-order valence-corrected chi connectivity index (χ1v) is 11.8. The fourth-order valence-electron chi connectivity index (χ4n) is 4.55. The lowest BCUT2D eigenvalue weighted by atomic mass is 10.0. The predicted molar refractivity (Wildman–Crippen MR) is 136 cm³/mol. The number of piperidine rings is 1. The molecule has 0 saturated carbocycles. The van der Waals surface area contributed by atoms with Crippen molar-refractivity contribution in [3.8, 4) is 22.9 Å². The molecule has 0 radical (unpaired) electrons. The van der Waals surface area contributed by atoms with Crippen LogP contribution in [0.3, 0.4) is 0 Å². The molecule has 0 spiro atoms. The number of rotatable bonds is 7. The lowest BCUT2D eigenvalue weighted by Gasteiger charge is -2.33. The van der Waals surface area contributed by atoms with Crippen molar-refractivity contribution in [1.29, 1.82) is 0 Å². The van der Waals surface area contributed by atoms with Crippen molar-refractivity contribution in [2.75, 3.05) is 32.6 Å². The van der Waals surface area contributed by atoms with Crippen LogP contribution in [-0.2, 0) is 6.54 Å². The maximum atomic E-state index is 5.56. The Morgan fingerprint density at radius 2 is 1.50 bits per heavy atom. The number of benzene rings is 3. The van der Waals surface area contributed by atoms with Crippen LogP contribution >= 0.6 is 0 Å². The topological polar surface area (TPSA) is 59.5 Å². The van der Waals surface area contributed by atoms with E-state index >= 15 is 0 Å². The van der Waals surface area contributed by atoms with E-state index < -0.39 is 0 Å². The molecule has 6 heteroatoms. The number of hydrogen-bond acceptors (Lipinski definition) is 6. The van der Waals surface area contributed by atoms with Gasteiger partial charge in [0.2, 0.25) is 0 Å². The van der Waals surface area contributed by atoms with E-state index in [9.17, 15) is 0 Å². The van der Waals surface area contributed by atoms with Gasteiger partial charge in [0, 0.05) is 42.7 Å². The molecular weight excluding hydrogens is 424 g/mol. The van der Waals surface area contributed by atoms with E-state index in [-0.39, 0.29) is 0 Å². The molecule has 0 atom stereocenters. The lowest BCUT2D eigenvalue weighted by Crippen LogP contribution is -2.38. The number of aromatic nitrogens is 2. The van der Waals surface area contributed by atoms with Gasteiger partial charge in [-0.3, -0.25) is 4.90 Å². The highest BCUT2D eigenvalue weighted by molar-refractivity contribution is 5.93. The second-order valence-corrected chi connectivity index (χ2v) is 8.67. The highest BCUT2D eigenvalue weighted by Crippen LogP contribution is 2.35. The number of likely N-dealkylation sites (tertiary alicyclic amines) is 1. The minimum atomic E-state index is 0.349. The van der Waals surface area contributed by atoms with Gasteiger partial charge in [0.05, 0.1) is 19.7 Å². The van der Waals surface area contributed by atoms with Crippen LogP contribution in [0.1, 0.15) is 18.4 Å². The molecule has 1 fully saturated rings. The summed E-state index contributed by atoms with van der Waals surface area (Å²) in [6.07, 6.45) is 2.12. The van der Waals surface area contributed by atoms with Crippen LogP contribution < -0.4 is 14.8 Å². The van der Waals surface area contributed by atoms with E-state index in [1.54, 1.807) is 14.2 Å². The quantitative estimate of drug-likeness (QED) is 0.404. The van der Waals surface area contributed by atoms with Gasteiger partial charge in [-0.25, -0.2) is 9.97 Å². The average Bonchev–Trinajstić information content (AvgIpc) is 2.90. The summed E-state index contributed by atoms with van der Waals surface area (Å²) < 4.78 is 11.1. The van der Waals surface area contributed by atoms with Crippen LogP contribution in [0.4, 0.5) is 5.82 Å². The summed E-state index contributed by atoms with van der Waals surface area (Å²) in [5.74, 6) is 2.87. The van der Waals surface area contributed by atoms with Gasteiger partial charge in [0.25, 0.3) is 0 Å². The zero-order valence-corrected chi connectivity index (χ0v) is 19.7. The summed E-state index contributed by atoms with van der Waals surface area (Å²) in [5.41, 5.74) is 3.18. The van der Waals surface area contributed by atoms with E-state index in [1.165, 1.54) is 5.56 Å². The van der Waals surface area contributed by atoms with Crippen molar-refractivity contribution < 1.29 is 9.47 Å². The Hall–Kier alpha value is -3.64. The van der Waals surface area contributed by atoms with Crippen molar-refractivity contribution >= 4 is 16.7 Å². The van der Waals surface area contributed by atoms with Crippen LogP contribution in [0.25, 0.3) is 22.3 Å². The van der Waals surface area contributed by atoms with Gasteiger partial charge < -0.3 is 14.8 Å². The highest BCUT2D eigenvalue weighted by Gasteiger charge is 2.22. The van der Waals surface area contributed by atoms with Crippen LogP contribution in [0.5, 0.6) is 11.5 Å². The number of nitrogens with one attached hydrogen (secondary N) is 1. The first kappa shape index (κ1) is 22.2. The average molecular weight is 455 g/mol. The van der Waals surface area contributed by atoms with Crippen LogP contribution in [0.2, 0.25) is 0 Å². The maximum absolute atomic E-state index is 5.56. The van der Waals surface area contributed by atoms with Gasteiger partial charge in [-0.2, -0.15) is 0 Å². The molecule has 1 N–H and O–H groups in total. The molecule has 1 saturated heterocycles. The zero-order valence-electron chi connectivity index (χ0n) is 19.7. The predicted octanol–water partition coefficient (Wildman–Crippen LogP) is 5.39. The van der Waals surface area contributed by atoms with Crippen molar-refractivity contribution in [2.24, 2.45) is 0 Å². The number of hydrogen-bond donors (Lipinski definition) is 1. The summed E-state index contributed by atoms with van der Waals surface area (Å²) in [6.45, 7) is 3.11. The van der Waals surface area contributed by atoms with Crippen molar-refractivity contribution in [3.63, 3.8) is 0 Å². The van der Waals surface area contributed by atoms with E-state index in [0.717, 1.165) is 54.8 Å². The number of anilines is 1. The molecule has 0 aliphatic carbocycles. The van der Waals surface area contributed by atoms with Gasteiger partial charge in [0.15, 0.2) is 17.3 Å². The number of fused-ring (bicyclic) bond motifs is 1. The van der Waals surface area contributed by atoms with E-state index in [1.807, 2.05) is 42.5 Å². The number of nitrogens with zero attached hydrogens (tertiary/aromatic N) is 3. The van der Waals surface area contributed by atoms with E-state index in [2.05, 4.69) is 40.5 Å². The summed E-state index contributed by atoms with van der Waals surface area (Å²) >= 11 is 0. The fraction of sp³-hybridized carbons (Fsp3) is 0.286. The Morgan fingerprint density at radius 3 is 2.18 bits per heavy atom. The first-order chi connectivity index (χ1) is 16.7. The Morgan fingerprint density at radius 1 is 0.853 bits per heavy atom. The molecule has 1 aliphatic rings. The highest BCUT2D eigenvalue weighted by atomic mass is 16.5. The molecule has 6 nitrogen and oxygen atoms in total. The molecule has 0 bridgehead atoms. The summed E-state index contributed by atoms with van der Waals surface area (Å²) in [7, 11) is 3.30. The third-order valence-electron chi connectivity index (χ3n) is 6.41. The largest absolute Gasteiger partial charge is 0.493 e. The van der Waals surface area contributed by atoms with E-state index in [4.69, 9.17) is 19.4 Å². The van der Waals surface area contributed by atoms with Crippen molar-refractivity contribution in [3.05, 3.63) is 78.4 Å². The molecule has 3 aromatic carbocycles. The summed E-state index contributed by atoms with van der Waals surface area (Å²) in [5, 5.41) is 4.67. The third kappa shape index (κ3) is 4.82. The normalized spacial score (nSPS) is 14.8. The van der Waals surface area contributed by atoms with Gasteiger partial charge in [-0.15, -0.1) is 0 Å². The van der Waals surface area contributed by atoms with Crippen molar-refractivity contribution in [1.82, 2.24) is 14.9 Å². The molecular formula is C28H30N4O2. The molecule has 34 heavy (non-hydrogen) atoms. The van der Waals surface area contributed by atoms with Crippen LogP contribution in [0.15, 0.2) is 72.8 Å². The Labute approximate surface area is 200 Å². The zero-order chi connectivity index (χ0) is 23.3. The third-order valence-corrected chi connectivity index (χ3v) is 6.41. The van der Waals surface area contributed by atoms with Crippen molar-refractivity contribution in [2.45, 2.75) is 25.4 Å². The number of ether oxygens (including phenoxy) is 2. The smallest absolute Gasteiger partial charge is 0.162 e. The number of methoxy groups -OCH3 is 2. The minimum absolute atomic E-state index is 0.349. The fourth-order valence-corrected chi connectivity index (χ4v) is 4.55. The van der Waals surface area contributed by atoms with Gasteiger partial charge in [-0.1, -0.05) is 60.7 Å². The molecule has 1 aromatic heterocycles. The second-order valence-electron chi connectivity index (χ2n) is 8.67. The Bertz CT molecular complexity index is 1240. The molecule has 4 aromatic rings. The molecule has 1 aliphatic heterocycles. The Kier molecular flexibility index (Phi) is 6.58.